The highest BCUT2D eigenvalue weighted by Crippen LogP contribution is 2.44. The molecular formula is C24H19BrN4OS. The summed E-state index contributed by atoms with van der Waals surface area (Å²) < 4.78 is 3.15. The van der Waals surface area contributed by atoms with Crippen molar-refractivity contribution in [1.82, 2.24) is 14.9 Å². The van der Waals surface area contributed by atoms with Crippen LogP contribution in [0.15, 0.2) is 95.7 Å². The second-order valence-electron chi connectivity index (χ2n) is 7.27. The summed E-state index contributed by atoms with van der Waals surface area (Å²) in [7, 11) is 0. The Balaban J connectivity index is 1.69. The number of benzene rings is 2. The molecule has 0 radical (unpaired) electrons. The van der Waals surface area contributed by atoms with Gasteiger partial charge >= 0.3 is 0 Å². The Labute approximate surface area is 194 Å². The normalized spacial score (nSPS) is 18.2. The smallest absolute Gasteiger partial charge is 0.174 e. The van der Waals surface area contributed by atoms with E-state index in [1.807, 2.05) is 59.6 Å². The molecule has 2 aromatic heterocycles. The molecule has 0 unspecified atom stereocenters. The van der Waals surface area contributed by atoms with Gasteiger partial charge in [-0.3, -0.25) is 4.98 Å². The number of aromatic hydroxyl groups is 1. The molecule has 5 rings (SSSR count). The highest BCUT2D eigenvalue weighted by atomic mass is 79.9. The van der Waals surface area contributed by atoms with Gasteiger partial charge in [-0.25, -0.2) is 0 Å². The SMILES string of the molecule is Oc1ccccc1N1C(=S)N[C@H](c2ccccn2)[C@H]1c1cccn1-c1cccc(Br)c1. The van der Waals surface area contributed by atoms with Gasteiger partial charge in [0.15, 0.2) is 5.11 Å². The van der Waals surface area contributed by atoms with E-state index in [-0.39, 0.29) is 17.8 Å². The highest BCUT2D eigenvalue weighted by Gasteiger charge is 2.42. The molecule has 2 atom stereocenters. The minimum atomic E-state index is -0.218. The van der Waals surface area contributed by atoms with Gasteiger partial charge in [0.1, 0.15) is 11.8 Å². The van der Waals surface area contributed by atoms with Crippen LogP contribution in [0.4, 0.5) is 5.69 Å². The van der Waals surface area contributed by atoms with Gasteiger partial charge in [-0.15, -0.1) is 0 Å². The van der Waals surface area contributed by atoms with Crippen LogP contribution in [-0.2, 0) is 0 Å². The lowest BCUT2D eigenvalue weighted by atomic mass is 10.0. The second kappa shape index (κ2) is 8.17. The van der Waals surface area contributed by atoms with Crippen LogP contribution in [-0.4, -0.2) is 19.8 Å². The van der Waals surface area contributed by atoms with Crippen molar-refractivity contribution in [3.63, 3.8) is 0 Å². The van der Waals surface area contributed by atoms with Gasteiger partial charge in [-0.1, -0.05) is 40.2 Å². The Kier molecular flexibility index (Phi) is 5.21. The zero-order chi connectivity index (χ0) is 21.4. The van der Waals surface area contributed by atoms with E-state index in [0.29, 0.717) is 10.8 Å². The topological polar surface area (TPSA) is 53.3 Å². The molecule has 0 bridgehead atoms. The third-order valence-corrected chi connectivity index (χ3v) is 6.22. The first-order valence-corrected chi connectivity index (χ1v) is 11.1. The lowest BCUT2D eigenvalue weighted by Gasteiger charge is -2.29. The lowest BCUT2D eigenvalue weighted by molar-refractivity contribution is 0.472. The standard InChI is InChI=1S/C24H19BrN4OS/c25-16-7-5-8-17(15-16)28-14-6-11-20(28)23-22(18-9-3-4-13-26-18)27-24(31)29(23)19-10-1-2-12-21(19)30/h1-15,22-23,30H,(H,27,31)/t22-,23-/m1/s1. The van der Waals surface area contributed by atoms with E-state index in [4.69, 9.17) is 12.2 Å². The molecule has 1 saturated heterocycles. The first kappa shape index (κ1) is 19.8. The number of nitrogens with one attached hydrogen (secondary N) is 1. The van der Waals surface area contributed by atoms with E-state index >= 15 is 0 Å². The first-order chi connectivity index (χ1) is 15.1. The zero-order valence-electron chi connectivity index (χ0n) is 16.4. The van der Waals surface area contributed by atoms with Gasteiger partial charge < -0.3 is 19.9 Å². The lowest BCUT2D eigenvalue weighted by Crippen LogP contribution is -2.30. The van der Waals surface area contributed by atoms with Crippen molar-refractivity contribution < 1.29 is 5.11 Å². The molecule has 1 aliphatic rings. The molecule has 0 aliphatic carbocycles. The van der Waals surface area contributed by atoms with Crippen LogP contribution in [0.3, 0.4) is 0 Å². The predicted octanol–water partition coefficient (Wildman–Crippen LogP) is 5.52. The number of nitrogens with zero attached hydrogens (tertiary/aromatic N) is 3. The molecule has 3 heterocycles. The molecule has 0 saturated carbocycles. The minimum Gasteiger partial charge on any atom is -0.506 e. The largest absolute Gasteiger partial charge is 0.506 e. The number of aromatic nitrogens is 2. The summed E-state index contributed by atoms with van der Waals surface area (Å²) >= 11 is 9.32. The van der Waals surface area contributed by atoms with E-state index in [2.05, 4.69) is 49.0 Å². The van der Waals surface area contributed by atoms with Gasteiger partial charge in [0.2, 0.25) is 0 Å². The van der Waals surface area contributed by atoms with E-state index in [0.717, 1.165) is 21.5 Å². The monoisotopic (exact) mass is 490 g/mol. The molecule has 2 aromatic carbocycles. The number of phenols is 1. The average molecular weight is 491 g/mol. The van der Waals surface area contributed by atoms with Crippen LogP contribution in [0.2, 0.25) is 0 Å². The minimum absolute atomic E-state index is 0.180. The zero-order valence-corrected chi connectivity index (χ0v) is 18.8. The van der Waals surface area contributed by atoms with Gasteiger partial charge in [-0.05, 0) is 66.8 Å². The summed E-state index contributed by atoms with van der Waals surface area (Å²) in [6, 6.07) is 25.0. The van der Waals surface area contributed by atoms with Crippen molar-refractivity contribution in [2.45, 2.75) is 12.1 Å². The number of pyridine rings is 1. The van der Waals surface area contributed by atoms with Crippen molar-refractivity contribution in [3.05, 3.63) is 107 Å². The van der Waals surface area contributed by atoms with Crippen LogP contribution >= 0.6 is 28.1 Å². The maximum Gasteiger partial charge on any atom is 0.174 e. The van der Waals surface area contributed by atoms with Gasteiger partial charge in [-0.2, -0.15) is 0 Å². The summed E-state index contributed by atoms with van der Waals surface area (Å²) in [6.45, 7) is 0. The molecule has 31 heavy (non-hydrogen) atoms. The van der Waals surface area contributed by atoms with E-state index in [9.17, 15) is 5.11 Å². The molecule has 1 aliphatic heterocycles. The molecule has 4 aromatic rings. The van der Waals surface area contributed by atoms with Crippen LogP contribution < -0.4 is 10.2 Å². The van der Waals surface area contributed by atoms with E-state index in [1.165, 1.54) is 0 Å². The molecule has 154 valence electrons. The van der Waals surface area contributed by atoms with Crippen molar-refractivity contribution in [2.75, 3.05) is 4.90 Å². The van der Waals surface area contributed by atoms with Crippen molar-refractivity contribution >= 4 is 38.9 Å². The number of thiocarbonyl (C=S) groups is 1. The first-order valence-electron chi connectivity index (χ1n) is 9.85. The average Bonchev–Trinajstić information content (AvgIpc) is 3.39. The summed E-state index contributed by atoms with van der Waals surface area (Å²) in [5, 5.41) is 14.6. The Morgan fingerprint density at radius 3 is 2.58 bits per heavy atom. The fourth-order valence-corrected chi connectivity index (χ4v) is 4.80. The van der Waals surface area contributed by atoms with Crippen LogP contribution in [0, 0.1) is 0 Å². The number of phenolic OH excluding ortho intramolecular Hbond substituents is 1. The molecule has 1 fully saturated rings. The Hall–Kier alpha value is -3.16. The molecule has 0 amide bonds. The van der Waals surface area contributed by atoms with Gasteiger partial charge in [0.25, 0.3) is 0 Å². The van der Waals surface area contributed by atoms with E-state index in [1.54, 1.807) is 18.3 Å². The maximum atomic E-state index is 10.6. The van der Waals surface area contributed by atoms with Crippen LogP contribution in [0.1, 0.15) is 23.5 Å². The molecule has 0 spiro atoms. The fraction of sp³-hybridized carbons (Fsp3) is 0.0833. The van der Waals surface area contributed by atoms with Crippen molar-refractivity contribution in [2.24, 2.45) is 0 Å². The summed E-state index contributed by atoms with van der Waals surface area (Å²) in [5.41, 5.74) is 3.61. The quantitative estimate of drug-likeness (QED) is 0.369. The van der Waals surface area contributed by atoms with Crippen LogP contribution in [0.5, 0.6) is 5.75 Å². The highest BCUT2D eigenvalue weighted by molar-refractivity contribution is 9.10. The van der Waals surface area contributed by atoms with Crippen LogP contribution in [0.25, 0.3) is 5.69 Å². The molecular weight excluding hydrogens is 472 g/mol. The number of halogens is 1. The van der Waals surface area contributed by atoms with E-state index < -0.39 is 0 Å². The fourth-order valence-electron chi connectivity index (χ4n) is 4.08. The number of para-hydroxylation sites is 2. The summed E-state index contributed by atoms with van der Waals surface area (Å²) in [6.07, 6.45) is 3.82. The van der Waals surface area contributed by atoms with Crippen molar-refractivity contribution in [1.29, 1.82) is 0 Å². The predicted molar refractivity (Wildman–Crippen MR) is 130 cm³/mol. The maximum absolute atomic E-state index is 10.6. The third kappa shape index (κ3) is 3.60. The Morgan fingerprint density at radius 2 is 1.81 bits per heavy atom. The Morgan fingerprint density at radius 1 is 0.968 bits per heavy atom. The number of hydrogen-bond donors (Lipinski definition) is 2. The van der Waals surface area contributed by atoms with Crippen molar-refractivity contribution in [3.8, 4) is 11.4 Å². The number of anilines is 1. The molecule has 2 N–H and O–H groups in total. The van der Waals surface area contributed by atoms with Gasteiger partial charge in [0.05, 0.1) is 17.4 Å². The third-order valence-electron chi connectivity index (χ3n) is 5.41. The number of rotatable bonds is 4. The summed E-state index contributed by atoms with van der Waals surface area (Å²) in [5.74, 6) is 0.180. The number of hydrogen-bond acceptors (Lipinski definition) is 3. The molecule has 7 heteroatoms. The Bertz CT molecular complexity index is 1240. The summed E-state index contributed by atoms with van der Waals surface area (Å²) in [4.78, 5) is 6.57. The van der Waals surface area contributed by atoms with Gasteiger partial charge in [0, 0.05) is 28.2 Å². The molecule has 5 nitrogen and oxygen atoms in total. The second-order valence-corrected chi connectivity index (χ2v) is 8.57.